The smallest absolute Gasteiger partial charge is 0.834 e. The molecule has 7 heteroatoms. The van der Waals surface area contributed by atoms with Gasteiger partial charge in [0, 0.05) is 50.1 Å². The molecule has 5 rings (SSSR count). The summed E-state index contributed by atoms with van der Waals surface area (Å²) in [5.41, 5.74) is -1.14. The second-order valence-corrected chi connectivity index (χ2v) is 12.5. The van der Waals surface area contributed by atoms with Gasteiger partial charge in [-0.3, -0.25) is 4.79 Å². The quantitative estimate of drug-likeness (QED) is 0.110. The number of rotatable bonds is 11. The largest absolute Gasteiger partial charge is 1.00 e. The first-order chi connectivity index (χ1) is 22.8. The van der Waals surface area contributed by atoms with E-state index in [9.17, 15) is 19.8 Å². The molecule has 2 bridgehead atoms. The molecule has 0 radical (unpaired) electrons. The summed E-state index contributed by atoms with van der Waals surface area (Å²) < 4.78 is 7.25. The number of carboxylic acids is 1. The summed E-state index contributed by atoms with van der Waals surface area (Å²) in [7, 11) is 0. The Balaban J connectivity index is 0.000000985. The molecule has 0 aliphatic carbocycles. The molecule has 2 unspecified atom stereocenters. The van der Waals surface area contributed by atoms with Crippen molar-refractivity contribution in [2.45, 2.75) is 156 Å². The molecular formula is C41H65KNO5-. The Hall–Kier alpha value is -1.06. The van der Waals surface area contributed by atoms with Gasteiger partial charge in [0.05, 0.1) is 25.2 Å². The number of esters is 1. The summed E-state index contributed by atoms with van der Waals surface area (Å²) >= 11 is 0. The third kappa shape index (κ3) is 13.9. The number of unbranched alkanes of at least 4 members (excludes halogenated alkanes) is 5. The van der Waals surface area contributed by atoms with Crippen LogP contribution in [0.25, 0.3) is 0 Å². The van der Waals surface area contributed by atoms with Crippen LogP contribution in [-0.2, 0) is 19.9 Å². The van der Waals surface area contributed by atoms with Gasteiger partial charge in [-0.1, -0.05) is 127 Å². The molecular weight excluding hydrogens is 626 g/mol. The fourth-order valence-corrected chi connectivity index (χ4v) is 7.34. The molecule has 3 aliphatic rings. The third-order valence-electron chi connectivity index (χ3n) is 9.41. The van der Waals surface area contributed by atoms with Gasteiger partial charge in [-0.15, -0.1) is 0 Å². The number of benzene rings is 2. The number of hydrogen-bond acceptors (Lipinski definition) is 5. The van der Waals surface area contributed by atoms with E-state index in [1.165, 1.54) is 68.9 Å². The average Bonchev–Trinajstić information content (AvgIpc) is 3.65. The minimum Gasteiger partial charge on any atom is -0.834 e. The van der Waals surface area contributed by atoms with Crippen molar-refractivity contribution in [3.63, 3.8) is 0 Å². The first-order valence-corrected chi connectivity index (χ1v) is 18.6. The minimum atomic E-state index is -2.03. The number of quaternary nitrogens is 1. The number of nitrogens with zero attached hydrogens (tertiary/aromatic N) is 1. The fourth-order valence-electron chi connectivity index (χ4n) is 7.34. The van der Waals surface area contributed by atoms with E-state index in [0.717, 1.165) is 25.7 Å². The molecule has 2 aromatic rings. The Morgan fingerprint density at radius 3 is 1.62 bits per heavy atom. The summed E-state index contributed by atoms with van der Waals surface area (Å²) in [4.78, 5) is 23.3. The fraction of sp³-hybridized carbons (Fsp3) is 0.634. The summed E-state index contributed by atoms with van der Waals surface area (Å²) in [5.74, 6) is -1.57. The molecule has 2 aromatic carbocycles. The van der Waals surface area contributed by atoms with E-state index in [4.69, 9.17) is 4.74 Å². The summed E-state index contributed by atoms with van der Waals surface area (Å²) in [6.45, 7) is 16.7. The predicted molar refractivity (Wildman–Crippen MR) is 190 cm³/mol. The second kappa shape index (κ2) is 26.7. The van der Waals surface area contributed by atoms with Gasteiger partial charge in [-0.2, -0.15) is 13.8 Å². The van der Waals surface area contributed by atoms with Gasteiger partial charge in [0.1, 0.15) is 6.10 Å². The van der Waals surface area contributed by atoms with E-state index in [-0.39, 0.29) is 63.9 Å². The number of carbonyl (C=O) groups is 2. The van der Waals surface area contributed by atoms with Gasteiger partial charge in [0.2, 0.25) is 0 Å². The molecule has 1 spiro atoms. The molecule has 3 fully saturated rings. The minimum absolute atomic E-state index is 0. The molecule has 0 aromatic heterocycles. The van der Waals surface area contributed by atoms with Gasteiger partial charge >= 0.3 is 57.4 Å². The van der Waals surface area contributed by atoms with E-state index < -0.39 is 17.5 Å². The normalized spacial score (nSPS) is 19.7. The topological polar surface area (TPSA) is 89.5 Å². The summed E-state index contributed by atoms with van der Waals surface area (Å²) in [5, 5.41) is 24.0. The number of hydrogen-bond donors (Lipinski definition) is 0. The Labute approximate surface area is 336 Å². The van der Waals surface area contributed by atoms with Crippen molar-refractivity contribution in [2.24, 2.45) is 0 Å². The first kappa shape index (κ1) is 46.9. The number of aliphatic carboxylic acids is 1. The maximum atomic E-state index is 14.0. The van der Waals surface area contributed by atoms with Crippen molar-refractivity contribution in [2.75, 3.05) is 13.1 Å². The van der Waals surface area contributed by atoms with Crippen molar-refractivity contribution in [1.82, 2.24) is 0 Å². The van der Waals surface area contributed by atoms with E-state index in [1.54, 1.807) is 48.5 Å². The van der Waals surface area contributed by atoms with Crippen LogP contribution < -0.4 is 61.6 Å². The van der Waals surface area contributed by atoms with Crippen LogP contribution in [0.3, 0.4) is 0 Å². The van der Waals surface area contributed by atoms with E-state index in [1.807, 2.05) is 60.1 Å². The second-order valence-electron chi connectivity index (χ2n) is 12.5. The van der Waals surface area contributed by atoms with Gasteiger partial charge < -0.3 is 30.6 Å². The van der Waals surface area contributed by atoms with Crippen molar-refractivity contribution < 1.29 is 80.4 Å². The predicted octanol–water partition coefficient (Wildman–Crippen LogP) is 4.91. The van der Waals surface area contributed by atoms with Crippen LogP contribution in [-0.4, -0.2) is 47.7 Å². The standard InChI is InChI=1S/C25H29NO3.C9H18O2.C3H7.2C2H6.K/c27-24(25(28,19-9-3-1-4-10-19)20-11-5-2-6-12-20)29-23-17-21-13-14-22(18-23)26(21)15-7-8-16-26;1-2-3-4-5-6-7-8-9(10)11;1-3-2;2*1-2;/h1-6,9-12,21-23H,7-8,13-18H2;2-8H2,1H3,(H,10,11);3H,1-2H3;2*1-2H3;/q;;-1;;;+1/p-1. The van der Waals surface area contributed by atoms with Crippen LogP contribution in [0.15, 0.2) is 60.7 Å². The number of carboxylic acid groups (broad SMARTS) is 1. The van der Waals surface area contributed by atoms with Gasteiger partial charge in [0.15, 0.2) is 0 Å². The van der Waals surface area contributed by atoms with Gasteiger partial charge in [-0.05, 0) is 24.0 Å². The van der Waals surface area contributed by atoms with Crippen LogP contribution in [0, 0.1) is 6.42 Å². The van der Waals surface area contributed by atoms with Crippen molar-refractivity contribution in [1.29, 1.82) is 0 Å². The molecule has 3 heterocycles. The molecule has 3 saturated heterocycles. The van der Waals surface area contributed by atoms with Crippen LogP contribution in [0.5, 0.6) is 0 Å². The SMILES string of the molecule is CC.CC.CCCCCCCCC(=O)[O-].C[CH-]C.O=C(OC1CC2CCC(C1)[N+]21CCCC1)C([O-])(c1ccccc1)c1ccccc1.[K+]. The van der Waals surface area contributed by atoms with Crippen molar-refractivity contribution in [3.05, 3.63) is 78.2 Å². The molecule has 0 N–H and O–H groups in total. The molecule has 266 valence electrons. The summed E-state index contributed by atoms with van der Waals surface area (Å²) in [6, 6.07) is 19.1. The van der Waals surface area contributed by atoms with Crippen LogP contribution in [0.2, 0.25) is 0 Å². The number of ether oxygens (including phenoxy) is 1. The first-order valence-electron chi connectivity index (χ1n) is 18.6. The zero-order chi connectivity index (χ0) is 35.1. The molecule has 0 amide bonds. The monoisotopic (exact) mass is 690 g/mol. The number of piperidine rings is 1. The molecule has 48 heavy (non-hydrogen) atoms. The van der Waals surface area contributed by atoms with Crippen molar-refractivity contribution >= 4 is 11.9 Å². The Bertz CT molecular complexity index is 1040. The Kier molecular flexibility index (Phi) is 26.1. The maximum absolute atomic E-state index is 14.0. The third-order valence-corrected chi connectivity index (χ3v) is 9.41. The van der Waals surface area contributed by atoms with Crippen molar-refractivity contribution in [3.8, 4) is 0 Å². The molecule has 0 saturated carbocycles. The van der Waals surface area contributed by atoms with E-state index in [2.05, 4.69) is 6.92 Å². The summed E-state index contributed by atoms with van der Waals surface area (Å²) in [6.07, 6.45) is 15.8. The van der Waals surface area contributed by atoms with Gasteiger partial charge in [0.25, 0.3) is 0 Å². The van der Waals surface area contributed by atoms with E-state index in [0.29, 0.717) is 23.2 Å². The zero-order valence-corrected chi connectivity index (χ0v) is 34.8. The molecule has 6 nitrogen and oxygen atoms in total. The zero-order valence-electron chi connectivity index (χ0n) is 31.7. The van der Waals surface area contributed by atoms with Crippen LogP contribution >= 0.6 is 0 Å². The maximum Gasteiger partial charge on any atom is 1.00 e. The Morgan fingerprint density at radius 2 is 1.21 bits per heavy atom. The number of carbonyl (C=O) groups excluding carboxylic acids is 2. The van der Waals surface area contributed by atoms with Crippen LogP contribution in [0.4, 0.5) is 0 Å². The van der Waals surface area contributed by atoms with Gasteiger partial charge in [-0.25, -0.2) is 0 Å². The molecule has 3 aliphatic heterocycles. The Morgan fingerprint density at radius 1 is 0.792 bits per heavy atom. The average molecular weight is 691 g/mol. The van der Waals surface area contributed by atoms with Crippen LogP contribution in [0.1, 0.15) is 143 Å². The molecule has 2 atom stereocenters. The van der Waals surface area contributed by atoms with E-state index >= 15 is 0 Å².